The number of benzene rings is 3. The number of rotatable bonds is 6. The molecule has 1 fully saturated rings. The number of hydrogen-bond donors (Lipinski definition) is 1. The number of carbonyl (C=O) groups is 1. The Labute approximate surface area is 192 Å². The van der Waals surface area contributed by atoms with Gasteiger partial charge >= 0.3 is 5.97 Å². The number of ether oxygens (including phenoxy) is 1. The van der Waals surface area contributed by atoms with Crippen LogP contribution in [0.4, 0.5) is 0 Å². The molecule has 1 unspecified atom stereocenters. The Hall–Kier alpha value is -2.48. The molecule has 0 amide bonds. The number of hydrogen-bond acceptors (Lipinski definition) is 3. The molecule has 0 aliphatic carbocycles. The first kappa shape index (κ1) is 22.7. The van der Waals surface area contributed by atoms with Crippen molar-refractivity contribution in [3.05, 3.63) is 91.0 Å². The molecule has 1 aliphatic rings. The minimum Gasteiger partial charge on any atom is -0.459 e. The van der Waals surface area contributed by atoms with E-state index in [9.17, 15) is 4.79 Å². The summed E-state index contributed by atoms with van der Waals surface area (Å²) in [7, 11) is -2.13. The highest BCUT2D eigenvalue weighted by Gasteiger charge is 2.57. The molecule has 32 heavy (non-hydrogen) atoms. The Morgan fingerprint density at radius 2 is 1.28 bits per heavy atom. The largest absolute Gasteiger partial charge is 0.459 e. The van der Waals surface area contributed by atoms with E-state index in [4.69, 9.17) is 4.74 Å². The van der Waals surface area contributed by atoms with Gasteiger partial charge in [-0.3, -0.25) is 4.79 Å². The highest BCUT2D eigenvalue weighted by molar-refractivity contribution is 7.95. The standard InChI is InChI=1S/C28H33NO2P/c1-27(2,3)31-26(30)28(19-20-29-21-28)22-32(23-13-7-4-8-14-23,24-15-9-5-10-16-24)25-17-11-6-12-18-25/h4-18,29H,19-22H2,1-3H3/q+1. The van der Waals surface area contributed by atoms with Gasteiger partial charge < -0.3 is 10.1 Å². The van der Waals surface area contributed by atoms with Crippen molar-refractivity contribution in [3.8, 4) is 0 Å². The van der Waals surface area contributed by atoms with Gasteiger partial charge in [-0.15, -0.1) is 0 Å². The van der Waals surface area contributed by atoms with Crippen molar-refractivity contribution in [1.82, 2.24) is 5.32 Å². The third-order valence-electron chi connectivity index (χ3n) is 6.21. The molecule has 1 aliphatic heterocycles. The van der Waals surface area contributed by atoms with Gasteiger partial charge in [0.2, 0.25) is 0 Å². The average molecular weight is 447 g/mol. The zero-order valence-corrected chi connectivity index (χ0v) is 20.1. The van der Waals surface area contributed by atoms with Gasteiger partial charge in [-0.25, -0.2) is 0 Å². The number of esters is 1. The zero-order valence-electron chi connectivity index (χ0n) is 19.3. The van der Waals surface area contributed by atoms with E-state index in [1.54, 1.807) is 0 Å². The zero-order chi connectivity index (χ0) is 22.7. The van der Waals surface area contributed by atoms with Crippen LogP contribution in [0.25, 0.3) is 0 Å². The van der Waals surface area contributed by atoms with Gasteiger partial charge in [0.1, 0.15) is 34.2 Å². The molecule has 0 radical (unpaired) electrons. The molecule has 3 aromatic carbocycles. The summed E-state index contributed by atoms with van der Waals surface area (Å²) in [6.07, 6.45) is 1.54. The molecule has 0 aromatic heterocycles. The topological polar surface area (TPSA) is 38.3 Å². The molecular weight excluding hydrogens is 413 g/mol. The van der Waals surface area contributed by atoms with E-state index in [1.807, 2.05) is 20.8 Å². The van der Waals surface area contributed by atoms with Gasteiger partial charge in [0.05, 0.1) is 6.16 Å². The van der Waals surface area contributed by atoms with E-state index in [0.717, 1.165) is 19.1 Å². The van der Waals surface area contributed by atoms with Crippen LogP contribution in [0, 0.1) is 5.41 Å². The molecule has 3 aromatic rings. The van der Waals surface area contributed by atoms with E-state index in [0.29, 0.717) is 6.54 Å². The molecule has 1 atom stereocenters. The summed E-state index contributed by atoms with van der Waals surface area (Å²) in [5.74, 6) is -0.0813. The molecule has 0 saturated carbocycles. The first-order valence-electron chi connectivity index (χ1n) is 11.3. The lowest BCUT2D eigenvalue weighted by molar-refractivity contribution is -0.165. The summed E-state index contributed by atoms with van der Waals surface area (Å²) in [5.41, 5.74) is -1.08. The highest BCUT2D eigenvalue weighted by atomic mass is 31.2. The maximum absolute atomic E-state index is 13.7. The van der Waals surface area contributed by atoms with Crippen LogP contribution in [-0.2, 0) is 9.53 Å². The first-order chi connectivity index (χ1) is 15.4. The van der Waals surface area contributed by atoms with Crippen molar-refractivity contribution < 1.29 is 9.53 Å². The van der Waals surface area contributed by atoms with Crippen LogP contribution >= 0.6 is 7.26 Å². The van der Waals surface area contributed by atoms with Gasteiger partial charge in [0, 0.05) is 6.54 Å². The second-order valence-corrected chi connectivity index (χ2v) is 13.2. The van der Waals surface area contributed by atoms with Crippen LogP contribution in [0.2, 0.25) is 0 Å². The highest BCUT2D eigenvalue weighted by Crippen LogP contribution is 2.60. The summed E-state index contributed by atoms with van der Waals surface area (Å²) in [6.45, 7) is 7.34. The summed E-state index contributed by atoms with van der Waals surface area (Å²) >= 11 is 0. The molecular formula is C28H33NO2P+. The van der Waals surface area contributed by atoms with Crippen molar-refractivity contribution in [2.24, 2.45) is 5.41 Å². The second kappa shape index (κ2) is 9.17. The fraction of sp³-hybridized carbons (Fsp3) is 0.321. The lowest BCUT2D eigenvalue weighted by Gasteiger charge is -2.36. The molecule has 1 heterocycles. The Morgan fingerprint density at radius 3 is 1.62 bits per heavy atom. The molecule has 1 N–H and O–H groups in total. The molecule has 0 bridgehead atoms. The monoisotopic (exact) mass is 446 g/mol. The van der Waals surface area contributed by atoms with Crippen molar-refractivity contribution in [3.63, 3.8) is 0 Å². The van der Waals surface area contributed by atoms with Gasteiger partial charge in [-0.1, -0.05) is 54.6 Å². The van der Waals surface area contributed by atoms with Crippen molar-refractivity contribution in [2.45, 2.75) is 32.8 Å². The van der Waals surface area contributed by atoms with Crippen LogP contribution in [0.3, 0.4) is 0 Å². The van der Waals surface area contributed by atoms with Crippen molar-refractivity contribution >= 4 is 29.1 Å². The van der Waals surface area contributed by atoms with Crippen LogP contribution < -0.4 is 21.2 Å². The predicted molar refractivity (Wildman–Crippen MR) is 136 cm³/mol. The Kier molecular flexibility index (Phi) is 6.51. The van der Waals surface area contributed by atoms with Crippen LogP contribution in [0.15, 0.2) is 91.0 Å². The lowest BCUT2D eigenvalue weighted by atomic mass is 9.89. The van der Waals surface area contributed by atoms with E-state index in [-0.39, 0.29) is 5.97 Å². The summed E-state index contributed by atoms with van der Waals surface area (Å²) in [4.78, 5) is 13.7. The van der Waals surface area contributed by atoms with Gasteiger partial charge in [-0.05, 0) is 70.1 Å². The Bertz CT molecular complexity index is 927. The van der Waals surface area contributed by atoms with Gasteiger partial charge in [0.25, 0.3) is 0 Å². The summed E-state index contributed by atoms with van der Waals surface area (Å²) in [6, 6.07) is 32.3. The Morgan fingerprint density at radius 1 is 0.844 bits per heavy atom. The number of carbonyl (C=O) groups excluding carboxylic acids is 1. The SMILES string of the molecule is CC(C)(C)OC(=O)C1(C[P+](c2ccccc2)(c2ccccc2)c2ccccc2)CCNC1. The van der Waals surface area contributed by atoms with Crippen molar-refractivity contribution in [1.29, 1.82) is 0 Å². The molecule has 166 valence electrons. The van der Waals surface area contributed by atoms with E-state index < -0.39 is 18.3 Å². The average Bonchev–Trinajstić information content (AvgIpc) is 3.28. The minimum atomic E-state index is -2.13. The fourth-order valence-corrected chi connectivity index (χ4v) is 9.52. The van der Waals surface area contributed by atoms with E-state index in [2.05, 4.69) is 96.3 Å². The smallest absolute Gasteiger partial charge is 0.317 e. The molecule has 0 spiro atoms. The van der Waals surface area contributed by atoms with Crippen LogP contribution in [0.5, 0.6) is 0 Å². The molecule has 1 saturated heterocycles. The van der Waals surface area contributed by atoms with E-state index >= 15 is 0 Å². The normalized spacial score (nSPS) is 19.0. The Balaban J connectivity index is 1.94. The second-order valence-electron chi connectivity index (χ2n) is 9.68. The lowest BCUT2D eigenvalue weighted by Crippen LogP contribution is -2.47. The van der Waals surface area contributed by atoms with Gasteiger partial charge in [0.15, 0.2) is 0 Å². The third-order valence-corrected chi connectivity index (χ3v) is 10.8. The van der Waals surface area contributed by atoms with E-state index in [1.165, 1.54) is 15.9 Å². The molecule has 3 nitrogen and oxygen atoms in total. The van der Waals surface area contributed by atoms with Crippen molar-refractivity contribution in [2.75, 3.05) is 19.3 Å². The maximum atomic E-state index is 13.7. The minimum absolute atomic E-state index is 0.0813. The maximum Gasteiger partial charge on any atom is 0.317 e. The quantitative estimate of drug-likeness (QED) is 0.453. The predicted octanol–water partition coefficient (Wildman–Crippen LogP) is 4.30. The molecule has 4 heteroatoms. The summed E-state index contributed by atoms with van der Waals surface area (Å²) in [5, 5.41) is 7.37. The van der Waals surface area contributed by atoms with Crippen LogP contribution in [0.1, 0.15) is 27.2 Å². The molecule has 4 rings (SSSR count). The van der Waals surface area contributed by atoms with Crippen LogP contribution in [-0.4, -0.2) is 30.8 Å². The number of nitrogens with one attached hydrogen (secondary N) is 1. The fourth-order valence-electron chi connectivity index (χ4n) is 4.73. The third kappa shape index (κ3) is 4.51. The van der Waals surface area contributed by atoms with Gasteiger partial charge in [-0.2, -0.15) is 0 Å². The summed E-state index contributed by atoms with van der Waals surface area (Å²) < 4.78 is 6.02. The first-order valence-corrected chi connectivity index (χ1v) is 13.3.